The van der Waals surface area contributed by atoms with Crippen molar-refractivity contribution >= 4 is 39.6 Å². The van der Waals surface area contributed by atoms with Gasteiger partial charge in [-0.05, 0) is 18.3 Å². The average Bonchev–Trinajstić information content (AvgIpc) is 3.00. The molecule has 0 radical (unpaired) electrons. The third-order valence-corrected chi connectivity index (χ3v) is 4.00. The van der Waals surface area contributed by atoms with Gasteiger partial charge >= 0.3 is 0 Å². The number of hydrogen-bond acceptors (Lipinski definition) is 6. The van der Waals surface area contributed by atoms with Crippen molar-refractivity contribution < 1.29 is 19.3 Å². The Hall–Kier alpha value is -3.33. The van der Waals surface area contributed by atoms with E-state index in [9.17, 15) is 5.11 Å². The lowest BCUT2D eigenvalue weighted by Gasteiger charge is -2.14. The number of aromatic hydroxyl groups is 1. The van der Waals surface area contributed by atoms with Crippen LogP contribution >= 0.6 is 12.2 Å². The third-order valence-electron chi connectivity index (χ3n) is 3.82. The smallest absolute Gasteiger partial charge is 0.218 e. The lowest BCUT2D eigenvalue weighted by Crippen LogP contribution is -2.06. The highest BCUT2D eigenvalue weighted by Crippen LogP contribution is 2.40. The van der Waals surface area contributed by atoms with Gasteiger partial charge in [0.15, 0.2) is 17.2 Å². The fourth-order valence-electron chi connectivity index (χ4n) is 2.61. The van der Waals surface area contributed by atoms with Crippen molar-refractivity contribution in [2.24, 2.45) is 10.2 Å². The van der Waals surface area contributed by atoms with Crippen molar-refractivity contribution in [2.75, 3.05) is 26.6 Å². The van der Waals surface area contributed by atoms with Gasteiger partial charge in [0, 0.05) is 23.2 Å². The monoisotopic (exact) mass is 386 g/mol. The van der Waals surface area contributed by atoms with Gasteiger partial charge in [-0.15, -0.1) is 10.2 Å². The summed E-state index contributed by atoms with van der Waals surface area (Å²) in [4.78, 5) is 2.83. The van der Waals surface area contributed by atoms with E-state index in [1.165, 1.54) is 21.3 Å². The molecule has 1 aromatic heterocycles. The zero-order chi connectivity index (χ0) is 19.4. The van der Waals surface area contributed by atoms with Crippen molar-refractivity contribution in [3.63, 3.8) is 0 Å². The minimum atomic E-state index is -0.0736. The van der Waals surface area contributed by atoms with Crippen LogP contribution in [-0.4, -0.2) is 36.5 Å². The number of fused-ring (bicyclic) bond motifs is 1. The zero-order valence-electron chi connectivity index (χ0n) is 14.9. The molecule has 0 atom stereocenters. The lowest BCUT2D eigenvalue weighted by atomic mass is 10.2. The summed E-state index contributed by atoms with van der Waals surface area (Å²) >= 11 is 5.22. The van der Waals surface area contributed by atoms with Gasteiger partial charge in [0.1, 0.15) is 0 Å². The molecule has 0 fully saturated rings. The van der Waals surface area contributed by atoms with Crippen LogP contribution in [0.1, 0.15) is 0 Å². The second-order valence-corrected chi connectivity index (χ2v) is 5.80. The van der Waals surface area contributed by atoms with Crippen molar-refractivity contribution in [1.82, 2.24) is 4.98 Å². The van der Waals surface area contributed by atoms with E-state index in [1.807, 2.05) is 24.3 Å². The van der Waals surface area contributed by atoms with E-state index in [2.05, 4.69) is 20.5 Å². The number of methoxy groups -OCH3 is 3. The zero-order valence-corrected chi connectivity index (χ0v) is 15.8. The van der Waals surface area contributed by atoms with Crippen LogP contribution in [-0.2, 0) is 0 Å². The highest BCUT2D eigenvalue weighted by Gasteiger charge is 2.14. The first-order chi connectivity index (χ1) is 13.1. The van der Waals surface area contributed by atoms with Gasteiger partial charge in [0.25, 0.3) is 0 Å². The Labute approximate surface area is 160 Å². The molecule has 0 amide bonds. The molecule has 0 aliphatic rings. The molecule has 0 saturated heterocycles. The van der Waals surface area contributed by atoms with Gasteiger partial charge in [-0.3, -0.25) is 0 Å². The number of nitrogens with one attached hydrogen (secondary N) is 2. The van der Waals surface area contributed by atoms with Crippen LogP contribution in [0.15, 0.2) is 46.6 Å². The molecule has 9 heteroatoms. The second-order valence-electron chi connectivity index (χ2n) is 5.41. The van der Waals surface area contributed by atoms with Gasteiger partial charge in [-0.1, -0.05) is 18.2 Å². The van der Waals surface area contributed by atoms with Gasteiger partial charge in [0.05, 0.1) is 26.8 Å². The standard InChI is InChI=1S/C18H18N4O4S/c1-24-13-8-10(9-14(25-2)16(13)26-3)19-18(27)22-21-15-11-6-4-5-7-12(11)20-17(15)23/h4-9,20,23H,1-3H3,(H,19,27). The number of para-hydroxylation sites is 1. The maximum absolute atomic E-state index is 10.0. The Kier molecular flexibility index (Phi) is 5.41. The number of benzene rings is 2. The Balaban J connectivity index is 1.83. The van der Waals surface area contributed by atoms with Crippen LogP contribution in [0.3, 0.4) is 0 Å². The molecule has 8 nitrogen and oxygen atoms in total. The highest BCUT2D eigenvalue weighted by atomic mass is 32.1. The molecule has 3 N–H and O–H groups in total. The van der Waals surface area contributed by atoms with Crippen LogP contribution < -0.4 is 19.5 Å². The lowest BCUT2D eigenvalue weighted by molar-refractivity contribution is 0.324. The van der Waals surface area contributed by atoms with E-state index in [0.717, 1.165) is 10.9 Å². The van der Waals surface area contributed by atoms with Crippen molar-refractivity contribution in [1.29, 1.82) is 0 Å². The molecule has 0 aliphatic carbocycles. The van der Waals surface area contributed by atoms with Crippen LogP contribution in [0.5, 0.6) is 23.1 Å². The molecule has 3 rings (SSSR count). The van der Waals surface area contributed by atoms with Crippen molar-refractivity contribution in [3.05, 3.63) is 36.4 Å². The molecule has 27 heavy (non-hydrogen) atoms. The van der Waals surface area contributed by atoms with E-state index in [-0.39, 0.29) is 11.0 Å². The number of H-pyrrole nitrogens is 1. The van der Waals surface area contributed by atoms with E-state index >= 15 is 0 Å². The summed E-state index contributed by atoms with van der Waals surface area (Å²) in [5.41, 5.74) is 1.67. The molecule has 0 aliphatic heterocycles. The Morgan fingerprint density at radius 3 is 2.37 bits per heavy atom. The summed E-state index contributed by atoms with van der Waals surface area (Å²) in [6, 6.07) is 10.8. The van der Waals surface area contributed by atoms with E-state index in [1.54, 1.807) is 12.1 Å². The number of rotatable bonds is 5. The molecule has 0 spiro atoms. The largest absolute Gasteiger partial charge is 0.493 e. The number of anilines is 1. The van der Waals surface area contributed by atoms with Gasteiger partial charge in [-0.25, -0.2) is 0 Å². The van der Waals surface area contributed by atoms with Gasteiger partial charge in [-0.2, -0.15) is 0 Å². The summed E-state index contributed by atoms with van der Waals surface area (Å²) in [5.74, 6) is 1.36. The molecule has 2 aromatic carbocycles. The number of aromatic amines is 1. The third kappa shape index (κ3) is 3.77. The van der Waals surface area contributed by atoms with E-state index in [4.69, 9.17) is 26.4 Å². The average molecular weight is 386 g/mol. The Morgan fingerprint density at radius 1 is 1.07 bits per heavy atom. The maximum atomic E-state index is 10.0. The first-order valence-electron chi connectivity index (χ1n) is 7.89. The maximum Gasteiger partial charge on any atom is 0.218 e. The van der Waals surface area contributed by atoms with Crippen molar-refractivity contribution in [2.45, 2.75) is 0 Å². The minimum Gasteiger partial charge on any atom is -0.493 e. The molecule has 3 aromatic rings. The SMILES string of the molecule is COc1cc(NC(=S)N=Nc2c(O)[nH]c3ccccc23)cc(OC)c1OC. The Morgan fingerprint density at radius 2 is 1.74 bits per heavy atom. The second kappa shape index (κ2) is 7.92. The first kappa shape index (κ1) is 18.5. The fraction of sp³-hybridized carbons (Fsp3) is 0.167. The number of azo groups is 1. The number of nitrogens with zero attached hydrogens (tertiary/aromatic N) is 2. The fourth-order valence-corrected chi connectivity index (χ4v) is 2.77. The predicted octanol–water partition coefficient (Wildman–Crippen LogP) is 4.38. The number of hydrogen-bond donors (Lipinski definition) is 3. The summed E-state index contributed by atoms with van der Waals surface area (Å²) in [5, 5.41) is 21.8. The molecule has 1 heterocycles. The predicted molar refractivity (Wildman–Crippen MR) is 107 cm³/mol. The van der Waals surface area contributed by atoms with E-state index < -0.39 is 0 Å². The number of thiocarbonyl (C=S) groups is 1. The molecule has 0 bridgehead atoms. The summed E-state index contributed by atoms with van der Waals surface area (Å²) in [6.07, 6.45) is 0. The molecular weight excluding hydrogens is 368 g/mol. The molecule has 0 saturated carbocycles. The quantitative estimate of drug-likeness (QED) is 0.444. The normalized spacial score (nSPS) is 10.9. The molecule has 140 valence electrons. The first-order valence-corrected chi connectivity index (χ1v) is 8.30. The van der Waals surface area contributed by atoms with Crippen LogP contribution in [0.2, 0.25) is 0 Å². The molecule has 0 unspecified atom stereocenters. The number of ether oxygens (including phenoxy) is 3. The van der Waals surface area contributed by atoms with Crippen LogP contribution in [0.4, 0.5) is 11.4 Å². The topological polar surface area (TPSA) is 100 Å². The summed E-state index contributed by atoms with van der Waals surface area (Å²) < 4.78 is 15.9. The summed E-state index contributed by atoms with van der Waals surface area (Å²) in [7, 11) is 4.58. The number of aromatic nitrogens is 1. The van der Waals surface area contributed by atoms with Crippen LogP contribution in [0, 0.1) is 0 Å². The highest BCUT2D eigenvalue weighted by molar-refractivity contribution is 7.80. The van der Waals surface area contributed by atoms with Crippen LogP contribution in [0.25, 0.3) is 10.9 Å². The van der Waals surface area contributed by atoms with Gasteiger partial charge in [0.2, 0.25) is 16.7 Å². The minimum absolute atomic E-state index is 0.0736. The van der Waals surface area contributed by atoms with Crippen molar-refractivity contribution in [3.8, 4) is 23.1 Å². The van der Waals surface area contributed by atoms with Gasteiger partial charge < -0.3 is 29.6 Å². The Bertz CT molecular complexity index is 991. The summed E-state index contributed by atoms with van der Waals surface area (Å²) in [6.45, 7) is 0. The molecular formula is C18H18N4O4S. The van der Waals surface area contributed by atoms with E-state index in [0.29, 0.717) is 28.6 Å².